The molecule has 1 N–H and O–H groups in total. The number of amides is 1. The Morgan fingerprint density at radius 3 is 2.72 bits per heavy atom. The second-order valence-electron chi connectivity index (χ2n) is 5.91. The third kappa shape index (κ3) is 5.35. The first kappa shape index (κ1) is 20.4. The maximum atomic E-state index is 12.5. The highest BCUT2D eigenvalue weighted by Gasteiger charge is 2.14. The minimum atomic E-state index is -0.598. The summed E-state index contributed by atoms with van der Waals surface area (Å²) in [6, 6.07) is 17.6. The molecule has 144 valence electrons. The highest BCUT2D eigenvalue weighted by atomic mass is 35.5. The molecule has 1 aromatic heterocycles. The first-order chi connectivity index (χ1) is 14.1. The number of nitriles is 1. The summed E-state index contributed by atoms with van der Waals surface area (Å²) in [5, 5.41) is 12.6. The first-order valence-electron chi connectivity index (χ1n) is 8.56. The molecule has 0 bridgehead atoms. The number of carbonyl (C=O) groups excluding carboxylic acids is 1. The van der Waals surface area contributed by atoms with Gasteiger partial charge in [-0.25, -0.2) is 0 Å². The molecule has 0 spiro atoms. The van der Waals surface area contributed by atoms with Gasteiger partial charge in [-0.05, 0) is 30.3 Å². The van der Waals surface area contributed by atoms with E-state index in [-0.39, 0.29) is 10.6 Å². The lowest BCUT2D eigenvalue weighted by Crippen LogP contribution is -2.13. The Labute approximate surface area is 178 Å². The fourth-order valence-electron chi connectivity index (χ4n) is 2.47. The van der Waals surface area contributed by atoms with E-state index in [0.717, 1.165) is 5.56 Å². The molecule has 0 saturated carbocycles. The lowest BCUT2D eigenvalue weighted by Gasteiger charge is -2.10. The van der Waals surface area contributed by atoms with Crippen molar-refractivity contribution in [3.8, 4) is 11.8 Å². The number of hydrogen-bond donors (Lipinski definition) is 1. The molecule has 0 radical (unpaired) electrons. The Morgan fingerprint density at radius 2 is 1.97 bits per heavy atom. The van der Waals surface area contributed by atoms with Crippen LogP contribution in [0.1, 0.15) is 11.1 Å². The Bertz CT molecular complexity index is 1090. The summed E-state index contributed by atoms with van der Waals surface area (Å²) in [6.45, 7) is 0.310. The van der Waals surface area contributed by atoms with E-state index >= 15 is 0 Å². The van der Waals surface area contributed by atoms with E-state index in [1.807, 2.05) is 24.3 Å². The van der Waals surface area contributed by atoms with Crippen LogP contribution in [0.15, 0.2) is 72.6 Å². The van der Waals surface area contributed by atoms with E-state index < -0.39 is 5.91 Å². The molecule has 0 aliphatic carbocycles. The zero-order chi connectivity index (χ0) is 20.6. The van der Waals surface area contributed by atoms with Crippen LogP contribution in [0.2, 0.25) is 10.0 Å². The maximum Gasteiger partial charge on any atom is 0.266 e. The second kappa shape index (κ2) is 9.74. The van der Waals surface area contributed by atoms with Gasteiger partial charge in [-0.1, -0.05) is 53.5 Å². The van der Waals surface area contributed by atoms with Crippen molar-refractivity contribution >= 4 is 40.9 Å². The smallest absolute Gasteiger partial charge is 0.266 e. The van der Waals surface area contributed by atoms with Crippen LogP contribution in [0.25, 0.3) is 6.08 Å². The molecule has 0 aliphatic heterocycles. The van der Waals surface area contributed by atoms with Gasteiger partial charge < -0.3 is 10.1 Å². The number of carbonyl (C=O) groups is 1. The van der Waals surface area contributed by atoms with Gasteiger partial charge >= 0.3 is 0 Å². The zero-order valence-electron chi connectivity index (χ0n) is 15.1. The zero-order valence-corrected chi connectivity index (χ0v) is 16.6. The number of ether oxygens (including phenoxy) is 1. The van der Waals surface area contributed by atoms with Crippen LogP contribution >= 0.6 is 23.2 Å². The number of anilines is 1. The molecule has 0 atom stereocenters. The molecule has 0 aliphatic rings. The summed E-state index contributed by atoms with van der Waals surface area (Å²) in [7, 11) is 0. The van der Waals surface area contributed by atoms with Crippen LogP contribution in [0.3, 0.4) is 0 Å². The van der Waals surface area contributed by atoms with Crippen molar-refractivity contribution < 1.29 is 9.53 Å². The monoisotopic (exact) mass is 423 g/mol. The standard InChI is InChI=1S/C22H15Cl2N3O2/c23-18-7-3-8-19(21(18)24)27-22(28)17(12-25)11-16-6-1-2-9-20(16)29-14-15-5-4-10-26-13-15/h1-11,13H,14H2,(H,27,28)/b17-11+. The Balaban J connectivity index is 1.81. The molecule has 0 unspecified atom stereocenters. The van der Waals surface area contributed by atoms with Gasteiger partial charge in [-0.2, -0.15) is 5.26 Å². The van der Waals surface area contributed by atoms with Gasteiger partial charge in [0.15, 0.2) is 0 Å². The molecule has 1 heterocycles. The second-order valence-corrected chi connectivity index (χ2v) is 6.70. The Kier molecular flexibility index (Phi) is 6.85. The summed E-state index contributed by atoms with van der Waals surface area (Å²) >= 11 is 12.1. The number of rotatable bonds is 6. The topological polar surface area (TPSA) is 75.0 Å². The van der Waals surface area contributed by atoms with Crippen LogP contribution in [0, 0.1) is 11.3 Å². The fourth-order valence-corrected chi connectivity index (χ4v) is 2.82. The number of aromatic nitrogens is 1. The highest BCUT2D eigenvalue weighted by Crippen LogP contribution is 2.30. The van der Waals surface area contributed by atoms with E-state index in [0.29, 0.717) is 28.6 Å². The van der Waals surface area contributed by atoms with Crippen molar-refractivity contribution in [1.82, 2.24) is 4.98 Å². The normalized spacial score (nSPS) is 10.9. The largest absolute Gasteiger partial charge is 0.488 e. The summed E-state index contributed by atoms with van der Waals surface area (Å²) in [5.41, 5.74) is 1.73. The van der Waals surface area contributed by atoms with Gasteiger partial charge in [0.1, 0.15) is 24.0 Å². The molecule has 1 amide bonds. The van der Waals surface area contributed by atoms with Gasteiger partial charge in [0.05, 0.1) is 15.7 Å². The summed E-state index contributed by atoms with van der Waals surface area (Å²) in [4.78, 5) is 16.6. The van der Waals surface area contributed by atoms with Gasteiger partial charge in [-0.15, -0.1) is 0 Å². The fraction of sp³-hybridized carbons (Fsp3) is 0.0455. The molecular formula is C22H15Cl2N3O2. The van der Waals surface area contributed by atoms with Gasteiger partial charge in [0, 0.05) is 23.5 Å². The van der Waals surface area contributed by atoms with Crippen molar-refractivity contribution in [2.24, 2.45) is 0 Å². The molecule has 7 heteroatoms. The van der Waals surface area contributed by atoms with E-state index in [4.69, 9.17) is 27.9 Å². The van der Waals surface area contributed by atoms with Gasteiger partial charge in [0.25, 0.3) is 5.91 Å². The van der Waals surface area contributed by atoms with Crippen LogP contribution in [0.4, 0.5) is 5.69 Å². The van der Waals surface area contributed by atoms with Crippen molar-refractivity contribution in [3.63, 3.8) is 0 Å². The molecule has 5 nitrogen and oxygen atoms in total. The van der Waals surface area contributed by atoms with Crippen molar-refractivity contribution in [1.29, 1.82) is 5.26 Å². The minimum absolute atomic E-state index is 0.0986. The summed E-state index contributed by atoms with van der Waals surface area (Å²) in [5.74, 6) is -0.0589. The number of halogens is 2. The maximum absolute atomic E-state index is 12.5. The average Bonchev–Trinajstić information content (AvgIpc) is 2.75. The molecule has 3 aromatic rings. The quantitative estimate of drug-likeness (QED) is 0.418. The third-order valence-electron chi connectivity index (χ3n) is 3.90. The lowest BCUT2D eigenvalue weighted by molar-refractivity contribution is -0.112. The Hall–Kier alpha value is -3.33. The molecule has 29 heavy (non-hydrogen) atoms. The first-order valence-corrected chi connectivity index (χ1v) is 9.32. The van der Waals surface area contributed by atoms with Crippen molar-refractivity contribution in [3.05, 3.63) is 93.7 Å². The average molecular weight is 424 g/mol. The number of para-hydroxylation sites is 1. The minimum Gasteiger partial charge on any atom is -0.488 e. The molecular weight excluding hydrogens is 409 g/mol. The van der Waals surface area contributed by atoms with Gasteiger partial charge in [-0.3, -0.25) is 9.78 Å². The summed E-state index contributed by atoms with van der Waals surface area (Å²) in [6.07, 6.45) is 4.86. The third-order valence-corrected chi connectivity index (χ3v) is 4.72. The number of pyridine rings is 1. The van der Waals surface area contributed by atoms with Crippen molar-refractivity contribution in [2.75, 3.05) is 5.32 Å². The number of nitrogens with one attached hydrogen (secondary N) is 1. The van der Waals surface area contributed by atoms with Crippen LogP contribution in [-0.2, 0) is 11.4 Å². The molecule has 0 saturated heterocycles. The van der Waals surface area contributed by atoms with Crippen molar-refractivity contribution in [2.45, 2.75) is 6.61 Å². The number of benzene rings is 2. The number of nitrogens with zero attached hydrogens (tertiary/aromatic N) is 2. The van der Waals surface area contributed by atoms with E-state index in [1.54, 1.807) is 48.8 Å². The molecule has 0 fully saturated rings. The molecule has 2 aromatic carbocycles. The number of hydrogen-bond acceptors (Lipinski definition) is 4. The predicted molar refractivity (Wildman–Crippen MR) is 114 cm³/mol. The Morgan fingerprint density at radius 1 is 1.14 bits per heavy atom. The van der Waals surface area contributed by atoms with Crippen LogP contribution < -0.4 is 10.1 Å². The summed E-state index contributed by atoms with van der Waals surface area (Å²) < 4.78 is 5.84. The molecule has 3 rings (SSSR count). The van der Waals surface area contributed by atoms with E-state index in [2.05, 4.69) is 10.3 Å². The van der Waals surface area contributed by atoms with Crippen LogP contribution in [-0.4, -0.2) is 10.9 Å². The van der Waals surface area contributed by atoms with Crippen LogP contribution in [0.5, 0.6) is 5.75 Å². The van der Waals surface area contributed by atoms with Gasteiger partial charge in [0.2, 0.25) is 0 Å². The highest BCUT2D eigenvalue weighted by molar-refractivity contribution is 6.44. The lowest BCUT2D eigenvalue weighted by atomic mass is 10.1. The van der Waals surface area contributed by atoms with E-state index in [1.165, 1.54) is 6.08 Å². The predicted octanol–water partition coefficient (Wildman–Crippen LogP) is 5.51. The van der Waals surface area contributed by atoms with E-state index in [9.17, 15) is 10.1 Å². The SMILES string of the molecule is N#C/C(=C\c1ccccc1OCc1cccnc1)C(=O)Nc1cccc(Cl)c1Cl.